The number of amides is 1. The van der Waals surface area contributed by atoms with Crippen molar-refractivity contribution in [3.63, 3.8) is 0 Å². The predicted octanol–water partition coefficient (Wildman–Crippen LogP) is 3.74. The van der Waals surface area contributed by atoms with Crippen molar-refractivity contribution in [2.75, 3.05) is 6.54 Å². The van der Waals surface area contributed by atoms with Gasteiger partial charge in [-0.05, 0) is 48.0 Å². The number of likely N-dealkylation sites (tertiary alicyclic amines) is 1. The third-order valence-electron chi connectivity index (χ3n) is 5.13. The summed E-state index contributed by atoms with van der Waals surface area (Å²) in [6, 6.07) is 1.95. The minimum absolute atomic E-state index is 0.00799. The Kier molecular flexibility index (Phi) is 5.97. The topological polar surface area (TPSA) is 111 Å². The quantitative estimate of drug-likeness (QED) is 0.672. The fourth-order valence-corrected chi connectivity index (χ4v) is 3.70. The van der Waals surface area contributed by atoms with E-state index in [0.29, 0.717) is 0 Å². The summed E-state index contributed by atoms with van der Waals surface area (Å²) in [5.74, 6) is -2.47. The van der Waals surface area contributed by atoms with Crippen molar-refractivity contribution in [1.29, 1.82) is 0 Å². The molecule has 10 heteroatoms. The molecule has 1 aliphatic rings. The largest absolute Gasteiger partial charge is 0.459 e. The molecule has 3 N–H and O–H groups in total. The lowest BCUT2D eigenvalue weighted by molar-refractivity contribution is -0.165. The fourth-order valence-electron chi connectivity index (χ4n) is 3.70. The van der Waals surface area contributed by atoms with Gasteiger partial charge < -0.3 is 20.2 Å². The van der Waals surface area contributed by atoms with Crippen LogP contribution in [0.1, 0.15) is 60.2 Å². The number of rotatable bonds is 2. The monoisotopic (exact) mass is 452 g/mol. The van der Waals surface area contributed by atoms with Gasteiger partial charge in [0.15, 0.2) is 11.6 Å². The van der Waals surface area contributed by atoms with Crippen LogP contribution in [0.4, 0.5) is 13.6 Å². The Morgan fingerprint density at radius 1 is 1.12 bits per heavy atom. The molecular formula is C22H30F2N4O4. The van der Waals surface area contributed by atoms with Crippen LogP contribution >= 0.6 is 0 Å². The number of carbonyl (C=O) groups is 2. The maximum absolute atomic E-state index is 13.7. The minimum Gasteiger partial charge on any atom is -0.459 e. The van der Waals surface area contributed by atoms with Crippen molar-refractivity contribution in [2.45, 2.75) is 77.2 Å². The first-order chi connectivity index (χ1) is 14.6. The summed E-state index contributed by atoms with van der Waals surface area (Å²) in [5.41, 5.74) is 3.89. The summed E-state index contributed by atoms with van der Waals surface area (Å²) in [6.45, 7) is 10.6. The highest BCUT2D eigenvalue weighted by atomic mass is 19.2. The number of nitrogens with one attached hydrogen (secondary N) is 1. The summed E-state index contributed by atoms with van der Waals surface area (Å²) in [7, 11) is 0. The number of piperidine rings is 1. The van der Waals surface area contributed by atoms with Crippen LogP contribution in [0.2, 0.25) is 0 Å². The zero-order valence-corrected chi connectivity index (χ0v) is 19.2. The molecule has 2 unspecified atom stereocenters. The highest BCUT2D eigenvalue weighted by molar-refractivity contribution is 5.85. The fraction of sp³-hybridized carbons (Fsp3) is 0.591. The smallest absolute Gasteiger partial charge is 0.411 e. The zero-order chi connectivity index (χ0) is 24.1. The highest BCUT2D eigenvalue weighted by Gasteiger charge is 2.51. The Morgan fingerprint density at radius 2 is 1.72 bits per heavy atom. The van der Waals surface area contributed by atoms with E-state index in [0.717, 1.165) is 12.1 Å². The van der Waals surface area contributed by atoms with Gasteiger partial charge in [-0.1, -0.05) is 0 Å². The van der Waals surface area contributed by atoms with Crippen LogP contribution in [-0.4, -0.2) is 50.8 Å². The summed E-state index contributed by atoms with van der Waals surface area (Å²) in [6.07, 6.45) is -1.32. The van der Waals surface area contributed by atoms with Gasteiger partial charge in [-0.25, -0.2) is 18.6 Å². The van der Waals surface area contributed by atoms with E-state index >= 15 is 0 Å². The van der Waals surface area contributed by atoms with Crippen molar-refractivity contribution in [3.05, 3.63) is 29.6 Å². The third-order valence-corrected chi connectivity index (χ3v) is 5.13. The zero-order valence-electron chi connectivity index (χ0n) is 19.2. The second kappa shape index (κ2) is 7.99. The second-order valence-electron chi connectivity index (χ2n) is 10.1. The molecule has 0 saturated carbocycles. The molecule has 2 heterocycles. The maximum Gasteiger partial charge on any atom is 0.411 e. The molecule has 8 nitrogen and oxygen atoms in total. The van der Waals surface area contributed by atoms with Gasteiger partial charge >= 0.3 is 12.1 Å². The molecule has 1 saturated heterocycles. The molecule has 0 bridgehead atoms. The SMILES string of the molecule is CC(C)(C)OC(=O)N1CCC(C(=O)OC(C)(C)C)(c2nc3cc(F)c(F)cc3[nH]2)CC1N. The van der Waals surface area contributed by atoms with Crippen LogP contribution in [-0.2, 0) is 19.7 Å². The van der Waals surface area contributed by atoms with Crippen LogP contribution in [0.3, 0.4) is 0 Å². The van der Waals surface area contributed by atoms with Crippen LogP contribution in [0.15, 0.2) is 12.1 Å². The lowest BCUT2D eigenvalue weighted by Gasteiger charge is -2.43. The van der Waals surface area contributed by atoms with E-state index in [1.807, 2.05) is 0 Å². The molecule has 2 aromatic rings. The Morgan fingerprint density at radius 3 is 2.28 bits per heavy atom. The standard InChI is InChI=1S/C22H30F2N4O4/c1-20(2,3)31-18(29)22(17-26-14-9-12(23)13(24)10-15(14)27-17)7-8-28(16(25)11-22)19(30)32-21(4,5)6/h9-10,16H,7-8,11,25H2,1-6H3,(H,26,27). The first-order valence-corrected chi connectivity index (χ1v) is 10.5. The first-order valence-electron chi connectivity index (χ1n) is 10.5. The van der Waals surface area contributed by atoms with Crippen LogP contribution in [0.25, 0.3) is 11.0 Å². The van der Waals surface area contributed by atoms with Gasteiger partial charge in [0.1, 0.15) is 22.4 Å². The van der Waals surface area contributed by atoms with Gasteiger partial charge in [0.05, 0.1) is 17.2 Å². The van der Waals surface area contributed by atoms with E-state index in [2.05, 4.69) is 9.97 Å². The van der Waals surface area contributed by atoms with Gasteiger partial charge in [0.2, 0.25) is 0 Å². The Balaban J connectivity index is 2.01. The van der Waals surface area contributed by atoms with E-state index in [1.54, 1.807) is 41.5 Å². The van der Waals surface area contributed by atoms with E-state index < -0.39 is 46.5 Å². The second-order valence-corrected chi connectivity index (χ2v) is 10.1. The average Bonchev–Trinajstić information content (AvgIpc) is 3.01. The van der Waals surface area contributed by atoms with Gasteiger partial charge in [-0.15, -0.1) is 0 Å². The number of ether oxygens (including phenoxy) is 2. The predicted molar refractivity (Wildman–Crippen MR) is 114 cm³/mol. The number of H-pyrrole nitrogens is 1. The number of hydrogen-bond acceptors (Lipinski definition) is 6. The number of aromatic amines is 1. The lowest BCUT2D eigenvalue weighted by atomic mass is 9.76. The first kappa shape index (κ1) is 23.9. The summed E-state index contributed by atoms with van der Waals surface area (Å²) >= 11 is 0. The molecule has 2 atom stereocenters. The molecule has 1 aromatic carbocycles. The number of nitrogens with zero attached hydrogens (tertiary/aromatic N) is 2. The number of hydrogen-bond donors (Lipinski definition) is 2. The van der Waals surface area contributed by atoms with Crippen LogP contribution < -0.4 is 5.73 Å². The summed E-state index contributed by atoms with van der Waals surface area (Å²) in [5, 5.41) is 0. The molecule has 0 spiro atoms. The molecule has 0 aliphatic carbocycles. The molecule has 32 heavy (non-hydrogen) atoms. The molecular weight excluding hydrogens is 422 g/mol. The minimum atomic E-state index is -1.34. The number of esters is 1. The number of nitrogens with two attached hydrogens (primary N) is 1. The van der Waals surface area contributed by atoms with E-state index in [9.17, 15) is 18.4 Å². The summed E-state index contributed by atoms with van der Waals surface area (Å²) < 4.78 is 38.5. The van der Waals surface area contributed by atoms with E-state index in [1.165, 1.54) is 4.90 Å². The molecule has 0 radical (unpaired) electrons. The van der Waals surface area contributed by atoms with Gasteiger partial charge in [-0.2, -0.15) is 0 Å². The van der Waals surface area contributed by atoms with Crippen LogP contribution in [0.5, 0.6) is 0 Å². The van der Waals surface area contributed by atoms with Crippen molar-refractivity contribution < 1.29 is 27.8 Å². The number of benzene rings is 1. The van der Waals surface area contributed by atoms with E-state index in [-0.39, 0.29) is 36.2 Å². The molecule has 3 rings (SSSR count). The number of fused-ring (bicyclic) bond motifs is 1. The van der Waals surface area contributed by atoms with Gasteiger partial charge in [-0.3, -0.25) is 9.69 Å². The van der Waals surface area contributed by atoms with Crippen molar-refractivity contribution in [3.8, 4) is 0 Å². The number of imidazole rings is 1. The highest BCUT2D eigenvalue weighted by Crippen LogP contribution is 2.39. The number of carbonyl (C=O) groups excluding carboxylic acids is 2. The lowest BCUT2D eigenvalue weighted by Crippen LogP contribution is -2.59. The Hall–Kier alpha value is -2.75. The molecule has 1 amide bonds. The van der Waals surface area contributed by atoms with E-state index in [4.69, 9.17) is 15.2 Å². The van der Waals surface area contributed by atoms with Crippen molar-refractivity contribution >= 4 is 23.1 Å². The molecule has 176 valence electrons. The number of halogens is 2. The van der Waals surface area contributed by atoms with Crippen molar-refractivity contribution in [1.82, 2.24) is 14.9 Å². The van der Waals surface area contributed by atoms with Crippen LogP contribution in [0, 0.1) is 11.6 Å². The molecule has 1 aromatic heterocycles. The average molecular weight is 453 g/mol. The normalized spacial score (nSPS) is 22.2. The Labute approximate surface area is 185 Å². The molecule has 1 aliphatic heterocycles. The van der Waals surface area contributed by atoms with Gasteiger partial charge in [0, 0.05) is 25.1 Å². The molecule has 1 fully saturated rings. The summed E-state index contributed by atoms with van der Waals surface area (Å²) in [4.78, 5) is 34.6. The Bertz CT molecular complexity index is 1000. The van der Waals surface area contributed by atoms with Gasteiger partial charge in [0.25, 0.3) is 0 Å². The van der Waals surface area contributed by atoms with Crippen molar-refractivity contribution in [2.24, 2.45) is 5.73 Å². The number of aromatic nitrogens is 2. The maximum atomic E-state index is 13.7. The third kappa shape index (κ3) is 4.85.